The van der Waals surface area contributed by atoms with E-state index in [4.69, 9.17) is 18.9 Å². The monoisotopic (exact) mass is 848 g/mol. The van der Waals surface area contributed by atoms with E-state index in [1.54, 1.807) is 47.4 Å². The van der Waals surface area contributed by atoms with Crippen molar-refractivity contribution in [3.05, 3.63) is 108 Å². The van der Waals surface area contributed by atoms with Gasteiger partial charge in [0, 0.05) is 79.7 Å². The van der Waals surface area contributed by atoms with Gasteiger partial charge in [-0.1, -0.05) is 24.3 Å². The van der Waals surface area contributed by atoms with Crippen molar-refractivity contribution in [3.63, 3.8) is 0 Å². The molecular weight excluding hydrogens is 801 g/mol. The van der Waals surface area contributed by atoms with E-state index in [1.165, 1.54) is 6.26 Å². The SMILES string of the molecule is CS(=O)(=O)c1ccc(-c2ccc3cc(O)ccc3c2Oc2ccc(OCCOCCOCCN3CCN(c4cccc5c4CN(C4CCC(=O)NC4=O)C5=O)CC3)cc2)cc1. The minimum absolute atomic E-state index is 0.141. The van der Waals surface area contributed by atoms with Gasteiger partial charge in [0.2, 0.25) is 11.8 Å². The number of phenols is 1. The lowest BCUT2D eigenvalue weighted by Gasteiger charge is -2.37. The Kier molecular flexibility index (Phi) is 12.5. The molecule has 3 aliphatic heterocycles. The van der Waals surface area contributed by atoms with Crippen LogP contribution in [0.2, 0.25) is 0 Å². The predicted octanol–water partition coefficient (Wildman–Crippen LogP) is 5.40. The lowest BCUT2D eigenvalue weighted by Crippen LogP contribution is -2.52. The lowest BCUT2D eigenvalue weighted by atomic mass is 9.99. The van der Waals surface area contributed by atoms with Crippen LogP contribution in [0.5, 0.6) is 23.0 Å². The van der Waals surface area contributed by atoms with E-state index in [9.17, 15) is 27.9 Å². The molecule has 3 aliphatic rings. The lowest BCUT2D eigenvalue weighted by molar-refractivity contribution is -0.136. The van der Waals surface area contributed by atoms with Crippen molar-refractivity contribution in [1.29, 1.82) is 0 Å². The number of piperidine rings is 1. The van der Waals surface area contributed by atoms with Crippen LogP contribution in [0.1, 0.15) is 28.8 Å². The zero-order valence-corrected chi connectivity index (χ0v) is 34.7. The van der Waals surface area contributed by atoms with Gasteiger partial charge in [-0.15, -0.1) is 0 Å². The number of nitrogens with one attached hydrogen (secondary N) is 1. The summed E-state index contributed by atoms with van der Waals surface area (Å²) in [7, 11) is -3.34. The Morgan fingerprint density at radius 3 is 2.23 bits per heavy atom. The second-order valence-electron chi connectivity index (χ2n) is 15.3. The maximum atomic E-state index is 13.3. The molecule has 0 aliphatic carbocycles. The number of piperazine rings is 1. The summed E-state index contributed by atoms with van der Waals surface area (Å²) in [5.41, 5.74) is 4.15. The molecule has 318 valence electrons. The molecule has 0 radical (unpaired) electrons. The van der Waals surface area contributed by atoms with Gasteiger partial charge >= 0.3 is 0 Å². The summed E-state index contributed by atoms with van der Waals surface area (Å²) in [4.78, 5) is 43.9. The van der Waals surface area contributed by atoms with E-state index in [0.717, 1.165) is 65.9 Å². The van der Waals surface area contributed by atoms with Crippen molar-refractivity contribution in [2.75, 3.05) is 76.9 Å². The van der Waals surface area contributed by atoms with Crippen LogP contribution in [0.4, 0.5) is 5.69 Å². The van der Waals surface area contributed by atoms with Crippen LogP contribution in [-0.4, -0.2) is 119 Å². The van der Waals surface area contributed by atoms with Crippen molar-refractivity contribution in [3.8, 4) is 34.1 Å². The van der Waals surface area contributed by atoms with E-state index in [-0.39, 0.29) is 28.9 Å². The van der Waals surface area contributed by atoms with Gasteiger partial charge in [-0.05, 0) is 90.2 Å². The summed E-state index contributed by atoms with van der Waals surface area (Å²) in [6, 6.07) is 27.9. The molecule has 0 aromatic heterocycles. The molecule has 2 saturated heterocycles. The number of carbonyl (C=O) groups is 3. The third-order valence-corrected chi connectivity index (χ3v) is 12.4. The first-order chi connectivity index (χ1) is 29.5. The van der Waals surface area contributed by atoms with Gasteiger partial charge in [0.1, 0.15) is 35.6 Å². The number of benzene rings is 5. The second kappa shape index (κ2) is 18.3. The zero-order chi connectivity index (χ0) is 42.5. The van der Waals surface area contributed by atoms with Crippen LogP contribution >= 0.6 is 0 Å². The van der Waals surface area contributed by atoms with Gasteiger partial charge in [0.25, 0.3) is 5.91 Å². The molecule has 61 heavy (non-hydrogen) atoms. The molecular formula is C46H48N4O10S. The average molecular weight is 849 g/mol. The minimum atomic E-state index is -3.34. The first-order valence-electron chi connectivity index (χ1n) is 20.4. The fourth-order valence-corrected chi connectivity index (χ4v) is 8.67. The number of anilines is 1. The van der Waals surface area contributed by atoms with Gasteiger partial charge in [-0.3, -0.25) is 24.6 Å². The van der Waals surface area contributed by atoms with Crippen LogP contribution in [0.15, 0.2) is 102 Å². The van der Waals surface area contributed by atoms with Crippen molar-refractivity contribution >= 4 is 44.0 Å². The minimum Gasteiger partial charge on any atom is -0.508 e. The van der Waals surface area contributed by atoms with E-state index >= 15 is 0 Å². The van der Waals surface area contributed by atoms with Gasteiger partial charge in [0.05, 0.1) is 31.3 Å². The number of sulfone groups is 1. The maximum Gasteiger partial charge on any atom is 0.255 e. The molecule has 3 heterocycles. The van der Waals surface area contributed by atoms with Gasteiger partial charge < -0.3 is 33.9 Å². The highest BCUT2D eigenvalue weighted by molar-refractivity contribution is 7.90. The van der Waals surface area contributed by atoms with Gasteiger partial charge in [0.15, 0.2) is 9.84 Å². The Balaban J connectivity index is 0.739. The molecule has 5 aromatic carbocycles. The Morgan fingerprint density at radius 1 is 0.770 bits per heavy atom. The molecule has 1 unspecified atom stereocenters. The number of hydrogen-bond donors (Lipinski definition) is 2. The number of hydrogen-bond acceptors (Lipinski definition) is 12. The smallest absolute Gasteiger partial charge is 0.255 e. The maximum absolute atomic E-state index is 13.3. The van der Waals surface area contributed by atoms with Gasteiger partial charge in [-0.2, -0.15) is 0 Å². The number of imide groups is 1. The number of phenolic OH excluding ortho intramolecular Hbond substituents is 1. The van der Waals surface area contributed by atoms with Crippen LogP contribution < -0.4 is 19.7 Å². The number of aromatic hydroxyl groups is 1. The van der Waals surface area contributed by atoms with E-state index in [2.05, 4.69) is 15.1 Å². The molecule has 3 amide bonds. The third kappa shape index (κ3) is 9.65. The largest absolute Gasteiger partial charge is 0.508 e. The standard InChI is InChI=1S/C46H48N4O10S/c1-61(55,56)36-13-5-31(6-14-36)37-15-7-32-29-33(51)8-16-38(32)44(37)60-35-11-9-34(10-12-35)59-28-27-58-26-25-57-24-23-48-19-21-49(22-20-48)41-4-2-3-39-40(41)30-50(46(39)54)42-17-18-43(52)47-45(42)53/h2-16,29,42,51H,17-28,30H2,1H3,(H,47,52,53). The van der Waals surface area contributed by atoms with Crippen molar-refractivity contribution < 1.29 is 46.9 Å². The molecule has 2 fully saturated rings. The number of rotatable bonds is 16. The number of amides is 3. The summed E-state index contributed by atoms with van der Waals surface area (Å²) in [5, 5.41) is 14.0. The Labute approximate surface area is 354 Å². The molecule has 5 aromatic rings. The number of nitrogens with zero attached hydrogens (tertiary/aromatic N) is 3. The molecule has 15 heteroatoms. The molecule has 14 nitrogen and oxygen atoms in total. The first-order valence-corrected chi connectivity index (χ1v) is 22.3. The zero-order valence-electron chi connectivity index (χ0n) is 33.9. The predicted molar refractivity (Wildman–Crippen MR) is 229 cm³/mol. The Morgan fingerprint density at radius 2 is 1.49 bits per heavy atom. The van der Waals surface area contributed by atoms with Crippen LogP contribution in [-0.2, 0) is 35.4 Å². The fourth-order valence-electron chi connectivity index (χ4n) is 8.04. The molecule has 0 bridgehead atoms. The normalized spacial score (nSPS) is 17.1. The summed E-state index contributed by atoms with van der Waals surface area (Å²) < 4.78 is 48.0. The molecule has 8 rings (SSSR count). The van der Waals surface area contributed by atoms with Crippen molar-refractivity contribution in [1.82, 2.24) is 15.1 Å². The summed E-state index contributed by atoms with van der Waals surface area (Å²) in [5.74, 6) is 1.10. The van der Waals surface area contributed by atoms with Crippen molar-refractivity contribution in [2.24, 2.45) is 0 Å². The Bertz CT molecular complexity index is 2520. The topological polar surface area (TPSA) is 164 Å². The number of carbonyl (C=O) groups excluding carboxylic acids is 3. The molecule has 0 saturated carbocycles. The molecule has 2 N–H and O–H groups in total. The third-order valence-electron chi connectivity index (χ3n) is 11.3. The van der Waals surface area contributed by atoms with Crippen molar-refractivity contribution in [2.45, 2.75) is 30.3 Å². The Hall–Kier alpha value is -6.00. The second-order valence-corrected chi connectivity index (χ2v) is 17.3. The van der Waals surface area contributed by atoms with E-state index < -0.39 is 21.8 Å². The van der Waals surface area contributed by atoms with Crippen LogP contribution in [0.25, 0.3) is 21.9 Å². The van der Waals surface area contributed by atoms with E-state index in [0.29, 0.717) is 68.8 Å². The van der Waals surface area contributed by atoms with E-state index in [1.807, 2.05) is 54.6 Å². The summed E-state index contributed by atoms with van der Waals surface area (Å²) in [6.45, 7) is 6.76. The molecule has 0 spiro atoms. The number of fused-ring (bicyclic) bond motifs is 2. The summed E-state index contributed by atoms with van der Waals surface area (Å²) >= 11 is 0. The summed E-state index contributed by atoms with van der Waals surface area (Å²) in [6.07, 6.45) is 1.75. The number of ether oxygens (including phenoxy) is 4. The van der Waals surface area contributed by atoms with Crippen LogP contribution in [0.3, 0.4) is 0 Å². The van der Waals surface area contributed by atoms with Crippen LogP contribution in [0, 0.1) is 0 Å². The van der Waals surface area contributed by atoms with Gasteiger partial charge in [-0.25, -0.2) is 8.42 Å². The highest BCUT2D eigenvalue weighted by Crippen LogP contribution is 2.41. The first kappa shape index (κ1) is 41.7. The fraction of sp³-hybridized carbons (Fsp3) is 0.326. The molecule has 1 atom stereocenters. The average Bonchev–Trinajstić information content (AvgIpc) is 3.59. The highest BCUT2D eigenvalue weighted by Gasteiger charge is 2.40. The quantitative estimate of drug-likeness (QED) is 0.0962. The highest BCUT2D eigenvalue weighted by atomic mass is 32.2.